The molecular formula is C16H15N5O. The topological polar surface area (TPSA) is 75.2 Å². The molecule has 0 unspecified atom stereocenters. The first kappa shape index (κ1) is 13.9. The smallest absolute Gasteiger partial charge is 0.159 e. The number of nitrogens with one attached hydrogen (secondary N) is 1. The molecule has 0 saturated heterocycles. The van der Waals surface area contributed by atoms with E-state index in [1.165, 1.54) is 0 Å². The van der Waals surface area contributed by atoms with E-state index in [9.17, 15) is 0 Å². The fraction of sp³-hybridized carbons (Fsp3) is 0.188. The zero-order chi connectivity index (χ0) is 15.5. The van der Waals surface area contributed by atoms with Gasteiger partial charge < -0.3 is 10.1 Å². The van der Waals surface area contributed by atoms with Crippen molar-refractivity contribution in [1.29, 1.82) is 5.26 Å². The quantitative estimate of drug-likeness (QED) is 0.800. The normalized spacial score (nSPS) is 10.4. The molecule has 6 nitrogen and oxygen atoms in total. The summed E-state index contributed by atoms with van der Waals surface area (Å²) >= 11 is 0. The zero-order valence-corrected chi connectivity index (χ0v) is 12.4. The monoisotopic (exact) mass is 293 g/mol. The third-order valence-corrected chi connectivity index (χ3v) is 3.30. The third kappa shape index (κ3) is 2.69. The van der Waals surface area contributed by atoms with Gasteiger partial charge in [0.1, 0.15) is 23.3 Å². The van der Waals surface area contributed by atoms with Crippen molar-refractivity contribution in [2.45, 2.75) is 13.5 Å². The number of aromatic nitrogens is 3. The third-order valence-electron chi connectivity index (χ3n) is 3.30. The van der Waals surface area contributed by atoms with E-state index in [2.05, 4.69) is 21.5 Å². The molecule has 0 atom stereocenters. The fourth-order valence-electron chi connectivity index (χ4n) is 2.21. The van der Waals surface area contributed by atoms with Gasteiger partial charge >= 0.3 is 0 Å². The maximum Gasteiger partial charge on any atom is 0.159 e. The average molecular weight is 293 g/mol. The van der Waals surface area contributed by atoms with Gasteiger partial charge in [0.05, 0.1) is 12.8 Å². The maximum atomic E-state index is 9.09. The number of anilines is 1. The first-order valence-corrected chi connectivity index (χ1v) is 6.84. The van der Waals surface area contributed by atoms with Gasteiger partial charge in [0.25, 0.3) is 0 Å². The van der Waals surface area contributed by atoms with Crippen LogP contribution < -0.4 is 10.1 Å². The standard InChI is InChI=1S/C16H15N5O/c1-11-7-16-19-13(9-17)8-15(21(16)20-11)18-10-12-3-5-14(22-2)6-4-12/h3-8,18H,10H2,1-2H3. The second-order valence-corrected chi connectivity index (χ2v) is 4.90. The Morgan fingerprint density at radius 2 is 2.05 bits per heavy atom. The summed E-state index contributed by atoms with van der Waals surface area (Å²) in [7, 11) is 1.64. The summed E-state index contributed by atoms with van der Waals surface area (Å²) in [6.07, 6.45) is 0. The number of rotatable bonds is 4. The Kier molecular flexibility index (Phi) is 3.62. The second kappa shape index (κ2) is 5.74. The van der Waals surface area contributed by atoms with Crippen LogP contribution in [0.1, 0.15) is 17.0 Å². The molecule has 6 heteroatoms. The lowest BCUT2D eigenvalue weighted by atomic mass is 10.2. The molecule has 1 N–H and O–H groups in total. The van der Waals surface area contributed by atoms with Crippen LogP contribution in [-0.2, 0) is 6.54 Å². The Bertz CT molecular complexity index is 845. The molecule has 0 saturated carbocycles. The summed E-state index contributed by atoms with van der Waals surface area (Å²) in [5.41, 5.74) is 2.99. The number of nitriles is 1. The Morgan fingerprint density at radius 3 is 2.73 bits per heavy atom. The molecule has 2 aromatic heterocycles. The lowest BCUT2D eigenvalue weighted by Gasteiger charge is -2.09. The minimum atomic E-state index is 0.365. The van der Waals surface area contributed by atoms with Crippen LogP contribution in [0.3, 0.4) is 0 Å². The van der Waals surface area contributed by atoms with E-state index in [-0.39, 0.29) is 0 Å². The fourth-order valence-corrected chi connectivity index (χ4v) is 2.21. The highest BCUT2D eigenvalue weighted by atomic mass is 16.5. The van der Waals surface area contributed by atoms with E-state index in [0.29, 0.717) is 17.9 Å². The van der Waals surface area contributed by atoms with Crippen LogP contribution in [-0.4, -0.2) is 21.7 Å². The van der Waals surface area contributed by atoms with Crippen molar-refractivity contribution in [3.05, 3.63) is 53.3 Å². The molecule has 0 aliphatic rings. The van der Waals surface area contributed by atoms with Gasteiger partial charge in [0, 0.05) is 18.7 Å². The number of ether oxygens (including phenoxy) is 1. The highest BCUT2D eigenvalue weighted by Gasteiger charge is 2.08. The van der Waals surface area contributed by atoms with Crippen LogP contribution in [0.2, 0.25) is 0 Å². The van der Waals surface area contributed by atoms with Crippen LogP contribution in [0.4, 0.5) is 5.82 Å². The highest BCUT2D eigenvalue weighted by molar-refractivity contribution is 5.52. The minimum absolute atomic E-state index is 0.365. The van der Waals surface area contributed by atoms with Crippen LogP contribution >= 0.6 is 0 Å². The van der Waals surface area contributed by atoms with Crippen LogP contribution in [0.15, 0.2) is 36.4 Å². The Balaban J connectivity index is 1.87. The van der Waals surface area contributed by atoms with E-state index < -0.39 is 0 Å². The first-order chi connectivity index (χ1) is 10.7. The molecule has 0 fully saturated rings. The molecule has 3 aromatic rings. The maximum absolute atomic E-state index is 9.09. The summed E-state index contributed by atoms with van der Waals surface area (Å²) in [6, 6.07) is 13.4. The Labute approximate surface area is 128 Å². The van der Waals surface area contributed by atoms with Crippen LogP contribution in [0, 0.1) is 18.3 Å². The number of fused-ring (bicyclic) bond motifs is 1. The number of methoxy groups -OCH3 is 1. The molecule has 0 spiro atoms. The lowest BCUT2D eigenvalue weighted by Crippen LogP contribution is -2.07. The van der Waals surface area contributed by atoms with E-state index in [0.717, 1.165) is 22.8 Å². The Hall–Kier alpha value is -3.07. The van der Waals surface area contributed by atoms with Crippen molar-refractivity contribution in [2.24, 2.45) is 0 Å². The zero-order valence-electron chi connectivity index (χ0n) is 12.4. The van der Waals surface area contributed by atoms with E-state index in [1.54, 1.807) is 17.7 Å². The highest BCUT2D eigenvalue weighted by Crippen LogP contribution is 2.16. The predicted octanol–water partition coefficient (Wildman–Crippen LogP) is 2.53. The molecule has 0 radical (unpaired) electrons. The molecular weight excluding hydrogens is 278 g/mol. The van der Waals surface area contributed by atoms with Crippen LogP contribution in [0.25, 0.3) is 5.65 Å². The molecule has 0 aliphatic heterocycles. The average Bonchev–Trinajstić information content (AvgIpc) is 2.93. The van der Waals surface area contributed by atoms with Gasteiger partial charge in [-0.25, -0.2) is 4.98 Å². The van der Waals surface area contributed by atoms with E-state index in [1.807, 2.05) is 37.3 Å². The van der Waals surface area contributed by atoms with Gasteiger partial charge in [-0.3, -0.25) is 0 Å². The summed E-state index contributed by atoms with van der Waals surface area (Å²) < 4.78 is 6.85. The molecule has 2 heterocycles. The SMILES string of the molecule is COc1ccc(CNc2cc(C#N)nc3cc(C)nn23)cc1. The molecule has 1 aromatic carbocycles. The molecule has 0 amide bonds. The number of aryl methyl sites for hydroxylation is 1. The van der Waals surface area contributed by atoms with E-state index in [4.69, 9.17) is 10.00 Å². The van der Waals surface area contributed by atoms with Crippen molar-refractivity contribution < 1.29 is 4.74 Å². The van der Waals surface area contributed by atoms with Gasteiger partial charge in [-0.2, -0.15) is 14.9 Å². The first-order valence-electron chi connectivity index (χ1n) is 6.84. The minimum Gasteiger partial charge on any atom is -0.497 e. The molecule has 110 valence electrons. The van der Waals surface area contributed by atoms with Gasteiger partial charge in [-0.1, -0.05) is 12.1 Å². The number of hydrogen-bond donors (Lipinski definition) is 1. The van der Waals surface area contributed by atoms with Gasteiger partial charge in [-0.15, -0.1) is 0 Å². The molecule has 0 bridgehead atoms. The summed E-state index contributed by atoms with van der Waals surface area (Å²) in [4.78, 5) is 4.24. The van der Waals surface area contributed by atoms with Gasteiger partial charge in [-0.05, 0) is 24.6 Å². The van der Waals surface area contributed by atoms with Crippen molar-refractivity contribution >= 4 is 11.5 Å². The summed E-state index contributed by atoms with van der Waals surface area (Å²) in [5.74, 6) is 1.56. The number of benzene rings is 1. The lowest BCUT2D eigenvalue weighted by molar-refractivity contribution is 0.414. The van der Waals surface area contributed by atoms with Crippen molar-refractivity contribution in [1.82, 2.24) is 14.6 Å². The van der Waals surface area contributed by atoms with E-state index >= 15 is 0 Å². The molecule has 0 aliphatic carbocycles. The van der Waals surface area contributed by atoms with Crippen LogP contribution in [0.5, 0.6) is 5.75 Å². The summed E-state index contributed by atoms with van der Waals surface area (Å²) in [6.45, 7) is 2.51. The predicted molar refractivity (Wildman–Crippen MR) is 82.8 cm³/mol. The van der Waals surface area contributed by atoms with Crippen molar-refractivity contribution in [3.8, 4) is 11.8 Å². The van der Waals surface area contributed by atoms with Gasteiger partial charge in [0.15, 0.2) is 5.65 Å². The van der Waals surface area contributed by atoms with Crippen molar-refractivity contribution in [2.75, 3.05) is 12.4 Å². The molecule has 22 heavy (non-hydrogen) atoms. The Morgan fingerprint density at radius 1 is 1.27 bits per heavy atom. The number of hydrogen-bond acceptors (Lipinski definition) is 5. The second-order valence-electron chi connectivity index (χ2n) is 4.90. The number of nitrogens with zero attached hydrogens (tertiary/aromatic N) is 4. The van der Waals surface area contributed by atoms with Gasteiger partial charge in [0.2, 0.25) is 0 Å². The van der Waals surface area contributed by atoms with Crippen molar-refractivity contribution in [3.63, 3.8) is 0 Å². The summed E-state index contributed by atoms with van der Waals surface area (Å²) in [5, 5.41) is 16.8. The molecule has 3 rings (SSSR count). The largest absolute Gasteiger partial charge is 0.497 e.